The summed E-state index contributed by atoms with van der Waals surface area (Å²) in [5.41, 5.74) is 1.55. The van der Waals surface area contributed by atoms with Gasteiger partial charge in [0.2, 0.25) is 5.91 Å². The molecule has 1 amide bonds. The molecular formula is C18H18FNO3. The molecule has 5 heteroatoms. The second kappa shape index (κ2) is 7.98. The number of hydrogen-bond donors (Lipinski definition) is 1. The summed E-state index contributed by atoms with van der Waals surface area (Å²) < 4.78 is 23.4. The Bertz CT molecular complexity index is 696. The Kier molecular flexibility index (Phi) is 5.74. The lowest BCUT2D eigenvalue weighted by molar-refractivity contribution is -0.116. The molecule has 2 aromatic rings. The molecule has 0 bridgehead atoms. The lowest BCUT2D eigenvalue weighted by Crippen LogP contribution is -2.20. The highest BCUT2D eigenvalue weighted by Crippen LogP contribution is 2.18. The average Bonchev–Trinajstić information content (AvgIpc) is 2.58. The van der Waals surface area contributed by atoms with Crippen LogP contribution in [0.1, 0.15) is 11.1 Å². The minimum absolute atomic E-state index is 0.172. The zero-order valence-corrected chi connectivity index (χ0v) is 13.0. The number of amides is 1. The standard InChI is InChI=1S/C18H18FNO3/c1-22-15-7-3-14(4-8-15)12-20-18(21)10-6-13-5-9-17(23-2)16(19)11-13/h3-11H,12H2,1-2H3,(H,20,21)/b10-6+. The highest BCUT2D eigenvalue weighted by molar-refractivity contribution is 5.91. The van der Waals surface area contributed by atoms with E-state index in [2.05, 4.69) is 5.32 Å². The van der Waals surface area contributed by atoms with Gasteiger partial charge in [-0.1, -0.05) is 18.2 Å². The molecule has 0 saturated carbocycles. The molecule has 0 aliphatic carbocycles. The fourth-order valence-electron chi connectivity index (χ4n) is 1.95. The van der Waals surface area contributed by atoms with E-state index in [-0.39, 0.29) is 11.7 Å². The van der Waals surface area contributed by atoms with Gasteiger partial charge in [0.1, 0.15) is 5.75 Å². The van der Waals surface area contributed by atoms with Crippen LogP contribution in [0.3, 0.4) is 0 Å². The average molecular weight is 315 g/mol. The monoisotopic (exact) mass is 315 g/mol. The van der Waals surface area contributed by atoms with Gasteiger partial charge in [0.25, 0.3) is 0 Å². The van der Waals surface area contributed by atoms with Gasteiger partial charge in [-0.15, -0.1) is 0 Å². The fraction of sp³-hybridized carbons (Fsp3) is 0.167. The molecular weight excluding hydrogens is 297 g/mol. The number of ether oxygens (including phenoxy) is 2. The van der Waals surface area contributed by atoms with E-state index in [1.807, 2.05) is 24.3 Å². The Labute approximate surface area is 134 Å². The van der Waals surface area contributed by atoms with Gasteiger partial charge in [-0.05, 0) is 41.5 Å². The van der Waals surface area contributed by atoms with Crippen LogP contribution in [0.2, 0.25) is 0 Å². The Morgan fingerprint density at radius 3 is 2.48 bits per heavy atom. The summed E-state index contributed by atoms with van der Waals surface area (Å²) in [6, 6.07) is 11.9. The molecule has 0 aliphatic rings. The van der Waals surface area contributed by atoms with Gasteiger partial charge in [-0.2, -0.15) is 0 Å². The second-order valence-corrected chi connectivity index (χ2v) is 4.79. The molecule has 0 unspecified atom stereocenters. The minimum Gasteiger partial charge on any atom is -0.497 e. The van der Waals surface area contributed by atoms with Crippen LogP contribution in [-0.4, -0.2) is 20.1 Å². The van der Waals surface area contributed by atoms with Crippen molar-refractivity contribution in [2.45, 2.75) is 6.54 Å². The van der Waals surface area contributed by atoms with Gasteiger partial charge in [-0.3, -0.25) is 4.79 Å². The molecule has 1 N–H and O–H groups in total. The Morgan fingerprint density at radius 2 is 1.87 bits per heavy atom. The first-order chi connectivity index (χ1) is 11.1. The van der Waals surface area contributed by atoms with Crippen LogP contribution in [0.4, 0.5) is 4.39 Å². The molecule has 2 rings (SSSR count). The summed E-state index contributed by atoms with van der Waals surface area (Å²) in [5, 5.41) is 2.76. The van der Waals surface area contributed by atoms with E-state index in [1.165, 1.54) is 25.3 Å². The fourth-order valence-corrected chi connectivity index (χ4v) is 1.95. The molecule has 23 heavy (non-hydrogen) atoms. The van der Waals surface area contributed by atoms with Gasteiger partial charge in [0.05, 0.1) is 14.2 Å². The molecule has 0 spiro atoms. The van der Waals surface area contributed by atoms with Crippen LogP contribution in [0.5, 0.6) is 11.5 Å². The van der Waals surface area contributed by atoms with Crippen molar-refractivity contribution in [3.05, 3.63) is 65.5 Å². The van der Waals surface area contributed by atoms with Crippen molar-refractivity contribution in [3.63, 3.8) is 0 Å². The molecule has 120 valence electrons. The van der Waals surface area contributed by atoms with E-state index in [9.17, 15) is 9.18 Å². The van der Waals surface area contributed by atoms with E-state index in [1.54, 1.807) is 19.3 Å². The third-order valence-corrected chi connectivity index (χ3v) is 3.23. The zero-order chi connectivity index (χ0) is 16.7. The summed E-state index contributed by atoms with van der Waals surface area (Å²) in [6.07, 6.45) is 2.91. The lowest BCUT2D eigenvalue weighted by atomic mass is 10.2. The van der Waals surface area contributed by atoms with E-state index < -0.39 is 5.82 Å². The molecule has 0 aliphatic heterocycles. The van der Waals surface area contributed by atoms with Crippen molar-refractivity contribution < 1.29 is 18.7 Å². The van der Waals surface area contributed by atoms with Crippen LogP contribution in [0.25, 0.3) is 6.08 Å². The summed E-state index contributed by atoms with van der Waals surface area (Å²) in [4.78, 5) is 11.8. The molecule has 0 atom stereocenters. The maximum atomic E-state index is 13.5. The topological polar surface area (TPSA) is 47.6 Å². The number of carbonyl (C=O) groups is 1. The molecule has 4 nitrogen and oxygen atoms in total. The normalized spacial score (nSPS) is 10.6. The van der Waals surface area contributed by atoms with Crippen molar-refractivity contribution in [3.8, 4) is 11.5 Å². The molecule has 0 aromatic heterocycles. The lowest BCUT2D eigenvalue weighted by Gasteiger charge is -2.04. The van der Waals surface area contributed by atoms with Crippen molar-refractivity contribution in [1.29, 1.82) is 0 Å². The number of carbonyl (C=O) groups excluding carboxylic acids is 1. The number of methoxy groups -OCH3 is 2. The van der Waals surface area contributed by atoms with Crippen LogP contribution < -0.4 is 14.8 Å². The van der Waals surface area contributed by atoms with Gasteiger partial charge in [-0.25, -0.2) is 4.39 Å². The largest absolute Gasteiger partial charge is 0.497 e. The Hall–Kier alpha value is -2.82. The second-order valence-electron chi connectivity index (χ2n) is 4.79. The predicted octanol–water partition coefficient (Wildman–Crippen LogP) is 3.17. The number of nitrogens with one attached hydrogen (secondary N) is 1. The van der Waals surface area contributed by atoms with Crippen LogP contribution in [-0.2, 0) is 11.3 Å². The van der Waals surface area contributed by atoms with E-state index in [0.29, 0.717) is 12.1 Å². The molecule has 2 aromatic carbocycles. The first-order valence-corrected chi connectivity index (χ1v) is 7.05. The van der Waals surface area contributed by atoms with E-state index in [0.717, 1.165) is 11.3 Å². The van der Waals surface area contributed by atoms with Gasteiger partial charge in [0, 0.05) is 12.6 Å². The smallest absolute Gasteiger partial charge is 0.244 e. The quantitative estimate of drug-likeness (QED) is 0.833. The first kappa shape index (κ1) is 16.5. The summed E-state index contributed by atoms with van der Waals surface area (Å²) in [7, 11) is 3.00. The third kappa shape index (κ3) is 4.85. The van der Waals surface area contributed by atoms with Crippen molar-refractivity contribution in [2.24, 2.45) is 0 Å². The Morgan fingerprint density at radius 1 is 1.13 bits per heavy atom. The van der Waals surface area contributed by atoms with Crippen molar-refractivity contribution >= 4 is 12.0 Å². The summed E-state index contributed by atoms with van der Waals surface area (Å²) in [6.45, 7) is 0.407. The number of halogens is 1. The number of rotatable bonds is 6. The summed E-state index contributed by atoms with van der Waals surface area (Å²) >= 11 is 0. The van der Waals surface area contributed by atoms with Crippen molar-refractivity contribution in [1.82, 2.24) is 5.32 Å². The van der Waals surface area contributed by atoms with Crippen LogP contribution >= 0.6 is 0 Å². The Balaban J connectivity index is 1.89. The van der Waals surface area contributed by atoms with Crippen LogP contribution in [0.15, 0.2) is 48.5 Å². The SMILES string of the molecule is COc1ccc(CNC(=O)/C=C/c2ccc(OC)c(F)c2)cc1. The molecule has 0 radical (unpaired) electrons. The van der Waals surface area contributed by atoms with Crippen molar-refractivity contribution in [2.75, 3.05) is 14.2 Å². The van der Waals surface area contributed by atoms with E-state index in [4.69, 9.17) is 9.47 Å². The first-order valence-electron chi connectivity index (χ1n) is 7.05. The zero-order valence-electron chi connectivity index (χ0n) is 13.0. The maximum absolute atomic E-state index is 13.5. The van der Waals surface area contributed by atoms with Gasteiger partial charge < -0.3 is 14.8 Å². The van der Waals surface area contributed by atoms with E-state index >= 15 is 0 Å². The third-order valence-electron chi connectivity index (χ3n) is 3.23. The number of benzene rings is 2. The molecule has 0 saturated heterocycles. The highest BCUT2D eigenvalue weighted by atomic mass is 19.1. The highest BCUT2D eigenvalue weighted by Gasteiger charge is 2.02. The van der Waals surface area contributed by atoms with Gasteiger partial charge >= 0.3 is 0 Å². The predicted molar refractivity (Wildman–Crippen MR) is 86.8 cm³/mol. The van der Waals surface area contributed by atoms with Crippen LogP contribution in [0, 0.1) is 5.82 Å². The summed E-state index contributed by atoms with van der Waals surface area (Å²) in [5.74, 6) is 0.220. The molecule has 0 fully saturated rings. The maximum Gasteiger partial charge on any atom is 0.244 e. The number of hydrogen-bond acceptors (Lipinski definition) is 3. The molecule has 0 heterocycles. The van der Waals surface area contributed by atoms with Gasteiger partial charge in [0.15, 0.2) is 11.6 Å². The minimum atomic E-state index is -0.465.